The molecular weight excluding hydrogens is 426 g/mol. The highest BCUT2D eigenvalue weighted by molar-refractivity contribution is 7.91. The molecule has 1 unspecified atom stereocenters. The first-order valence-corrected chi connectivity index (χ1v) is 12.3. The Kier molecular flexibility index (Phi) is 4.63. The largest absolute Gasteiger partial charge is 0.611 e. The van der Waals surface area contributed by atoms with Crippen molar-refractivity contribution in [1.29, 1.82) is 0 Å². The van der Waals surface area contributed by atoms with Gasteiger partial charge in [-0.1, -0.05) is 29.8 Å². The fraction of sp³-hybridized carbons (Fsp3) is 0.455. The maximum atomic E-state index is 12.6. The fourth-order valence-electron chi connectivity index (χ4n) is 4.38. The van der Waals surface area contributed by atoms with Gasteiger partial charge in [0.2, 0.25) is 10.8 Å². The van der Waals surface area contributed by atoms with Gasteiger partial charge in [0.05, 0.1) is 18.7 Å². The highest BCUT2D eigenvalue weighted by atomic mass is 32.2. The Labute approximate surface area is 189 Å². The van der Waals surface area contributed by atoms with Crippen LogP contribution in [0.1, 0.15) is 29.9 Å². The van der Waals surface area contributed by atoms with Crippen LogP contribution in [0.3, 0.4) is 0 Å². The normalized spacial score (nSPS) is 20.7. The summed E-state index contributed by atoms with van der Waals surface area (Å²) in [6.07, 6.45) is 2.46. The van der Waals surface area contributed by atoms with E-state index in [0.29, 0.717) is 35.4 Å². The molecule has 32 heavy (non-hydrogen) atoms. The van der Waals surface area contributed by atoms with Crippen LogP contribution in [-0.2, 0) is 30.7 Å². The molecule has 2 aliphatic heterocycles. The first-order valence-electron chi connectivity index (χ1n) is 11.0. The third kappa shape index (κ3) is 3.33. The number of hydrogen-bond acceptors (Lipinski definition) is 8. The lowest BCUT2D eigenvalue weighted by molar-refractivity contribution is 0.265. The molecule has 3 aliphatic rings. The second kappa shape index (κ2) is 7.43. The Morgan fingerprint density at radius 1 is 1.16 bits per heavy atom. The molecule has 1 aliphatic carbocycles. The van der Waals surface area contributed by atoms with Gasteiger partial charge in [0.1, 0.15) is 11.4 Å². The van der Waals surface area contributed by atoms with Crippen molar-refractivity contribution in [2.24, 2.45) is 0 Å². The van der Waals surface area contributed by atoms with Gasteiger partial charge in [0, 0.05) is 25.1 Å². The number of nitrogens with one attached hydrogen (secondary N) is 1. The maximum Gasteiger partial charge on any atom is 0.228 e. The summed E-state index contributed by atoms with van der Waals surface area (Å²) in [6.45, 7) is 4.15. The van der Waals surface area contributed by atoms with Crippen LogP contribution in [0.25, 0.3) is 11.4 Å². The minimum atomic E-state index is -1.10. The number of fused-ring (bicyclic) bond motifs is 2. The highest BCUT2D eigenvalue weighted by Crippen LogP contribution is 2.41. The van der Waals surface area contributed by atoms with Crippen molar-refractivity contribution in [3.63, 3.8) is 0 Å². The highest BCUT2D eigenvalue weighted by Gasteiger charge is 2.45. The summed E-state index contributed by atoms with van der Waals surface area (Å²) in [5, 5.41) is 22.0. The minimum absolute atomic E-state index is 0.0440. The zero-order valence-electron chi connectivity index (χ0n) is 17.9. The van der Waals surface area contributed by atoms with E-state index < -0.39 is 11.2 Å². The van der Waals surface area contributed by atoms with E-state index >= 15 is 0 Å². The Balaban J connectivity index is 1.31. The molecule has 0 amide bonds. The van der Waals surface area contributed by atoms with Crippen molar-refractivity contribution >= 4 is 22.9 Å². The second-order valence-corrected chi connectivity index (χ2v) is 10.4. The van der Waals surface area contributed by atoms with E-state index in [2.05, 4.69) is 56.2 Å². The number of nitrogens with zero attached hydrogens (tertiary/aromatic N) is 6. The second-order valence-electron chi connectivity index (χ2n) is 8.89. The van der Waals surface area contributed by atoms with Crippen molar-refractivity contribution in [1.82, 2.24) is 24.7 Å². The van der Waals surface area contributed by atoms with Crippen molar-refractivity contribution in [2.45, 2.75) is 49.7 Å². The Bertz CT molecular complexity index is 1180. The van der Waals surface area contributed by atoms with E-state index in [1.54, 1.807) is 0 Å². The van der Waals surface area contributed by atoms with Gasteiger partial charge < -0.3 is 24.4 Å². The molecule has 0 radical (unpaired) electrons. The molecule has 2 aromatic heterocycles. The van der Waals surface area contributed by atoms with E-state index in [0.717, 1.165) is 48.8 Å². The van der Waals surface area contributed by atoms with E-state index in [9.17, 15) is 9.66 Å². The van der Waals surface area contributed by atoms with Crippen molar-refractivity contribution in [3.8, 4) is 11.4 Å². The summed E-state index contributed by atoms with van der Waals surface area (Å²) in [7, 11) is 0. The van der Waals surface area contributed by atoms with Crippen LogP contribution in [0.15, 0.2) is 29.2 Å². The quantitative estimate of drug-likeness (QED) is 0.563. The Morgan fingerprint density at radius 3 is 2.72 bits per heavy atom. The summed E-state index contributed by atoms with van der Waals surface area (Å²) in [5.74, 6) is 3.56. The molecule has 9 nitrogen and oxygen atoms in total. The summed E-state index contributed by atoms with van der Waals surface area (Å²) >= 11 is -1.10. The van der Waals surface area contributed by atoms with Gasteiger partial charge >= 0.3 is 0 Å². The van der Waals surface area contributed by atoms with Crippen LogP contribution in [0.4, 0.5) is 11.8 Å². The zero-order chi connectivity index (χ0) is 21.9. The molecule has 10 heteroatoms. The van der Waals surface area contributed by atoms with Crippen molar-refractivity contribution in [3.05, 3.63) is 41.3 Å². The third-order valence-electron chi connectivity index (χ3n) is 6.56. The number of aromatic nitrogens is 5. The zero-order valence-corrected chi connectivity index (χ0v) is 18.7. The topological polar surface area (TPSA) is 115 Å². The van der Waals surface area contributed by atoms with E-state index in [-0.39, 0.29) is 12.1 Å². The summed E-state index contributed by atoms with van der Waals surface area (Å²) < 4.78 is 14.7. The first kappa shape index (κ1) is 20.0. The molecule has 6 rings (SSSR count). The lowest BCUT2D eigenvalue weighted by Crippen LogP contribution is -2.36. The van der Waals surface area contributed by atoms with Gasteiger partial charge in [-0.05, 0) is 30.9 Å². The van der Waals surface area contributed by atoms with Crippen LogP contribution >= 0.6 is 0 Å². The minimum Gasteiger partial charge on any atom is -0.611 e. The Morgan fingerprint density at radius 2 is 1.97 bits per heavy atom. The van der Waals surface area contributed by atoms with Crippen LogP contribution in [0, 0.1) is 6.92 Å². The number of hydrogen-bond donors (Lipinski definition) is 2. The fourth-order valence-corrected chi connectivity index (χ4v) is 5.69. The number of anilines is 2. The molecule has 3 aromatic rings. The third-order valence-corrected chi connectivity index (χ3v) is 8.02. The van der Waals surface area contributed by atoms with Gasteiger partial charge in [-0.15, -0.1) is 10.2 Å². The number of aryl methyl sites for hydroxylation is 2. The van der Waals surface area contributed by atoms with Gasteiger partial charge in [0.15, 0.2) is 17.5 Å². The van der Waals surface area contributed by atoms with Gasteiger partial charge in [0.25, 0.3) is 0 Å². The molecular formula is C22H25N7O2S. The molecule has 0 bridgehead atoms. The maximum absolute atomic E-state index is 12.6. The van der Waals surface area contributed by atoms with E-state index in [1.165, 1.54) is 5.56 Å². The van der Waals surface area contributed by atoms with E-state index in [1.807, 2.05) is 0 Å². The lowest BCUT2D eigenvalue weighted by atomic mass is 10.1. The summed E-state index contributed by atoms with van der Waals surface area (Å²) in [4.78, 5) is 12.4. The molecule has 0 saturated heterocycles. The first-order chi connectivity index (χ1) is 15.5. The molecule has 1 aromatic carbocycles. The molecule has 1 saturated carbocycles. The molecule has 0 spiro atoms. The number of benzene rings is 1. The molecule has 1 atom stereocenters. The SMILES string of the molecule is Cc1ccc(-c2nnc3n2CCN(c2nc4c(c(NC5(CO)CC5)n2)[S+]([O-])CC4)C3)cc1. The molecule has 1 fully saturated rings. The van der Waals surface area contributed by atoms with Crippen molar-refractivity contribution < 1.29 is 9.66 Å². The number of aliphatic hydroxyl groups is 1. The van der Waals surface area contributed by atoms with Crippen LogP contribution < -0.4 is 10.2 Å². The number of aliphatic hydroxyl groups excluding tert-OH is 1. The number of rotatable bonds is 5. The monoisotopic (exact) mass is 451 g/mol. The van der Waals surface area contributed by atoms with Crippen LogP contribution in [0.2, 0.25) is 0 Å². The van der Waals surface area contributed by atoms with E-state index in [4.69, 9.17) is 9.97 Å². The Hall–Kier alpha value is -2.69. The van der Waals surface area contributed by atoms with Gasteiger partial charge in [-0.3, -0.25) is 0 Å². The average molecular weight is 452 g/mol. The predicted molar refractivity (Wildman–Crippen MR) is 121 cm³/mol. The average Bonchev–Trinajstić information content (AvgIpc) is 3.29. The van der Waals surface area contributed by atoms with Crippen LogP contribution in [-0.4, -0.2) is 58.8 Å². The summed E-state index contributed by atoms with van der Waals surface area (Å²) in [5.41, 5.74) is 2.78. The molecule has 4 heterocycles. The van der Waals surface area contributed by atoms with Crippen molar-refractivity contribution in [2.75, 3.05) is 29.1 Å². The summed E-state index contributed by atoms with van der Waals surface area (Å²) in [6, 6.07) is 8.33. The molecule has 2 N–H and O–H groups in total. The smallest absolute Gasteiger partial charge is 0.228 e. The molecule has 166 valence electrons. The van der Waals surface area contributed by atoms with Crippen LogP contribution in [0.5, 0.6) is 0 Å². The predicted octanol–water partition coefficient (Wildman–Crippen LogP) is 1.66. The van der Waals surface area contributed by atoms with Gasteiger partial charge in [-0.25, -0.2) is 4.98 Å². The lowest BCUT2D eigenvalue weighted by Gasteiger charge is -2.28. The standard InChI is InChI=1S/C22H25N7O2S/c1-14-2-4-15(5-3-14)20-27-26-17-12-28(9-10-29(17)20)21-23-16-6-11-32(31)18(16)19(24-21)25-22(13-30)7-8-22/h2-5,30H,6-13H2,1H3,(H,23,24,25). The van der Waals surface area contributed by atoms with Gasteiger partial charge in [-0.2, -0.15) is 4.98 Å².